The highest BCUT2D eigenvalue weighted by atomic mass is 35.5. The van der Waals surface area contributed by atoms with Gasteiger partial charge < -0.3 is 10.1 Å². The highest BCUT2D eigenvalue weighted by molar-refractivity contribution is 5.85. The van der Waals surface area contributed by atoms with Crippen molar-refractivity contribution in [3.63, 3.8) is 0 Å². The zero-order valence-corrected chi connectivity index (χ0v) is 13.6. The van der Waals surface area contributed by atoms with Crippen LogP contribution < -0.4 is 5.32 Å². The van der Waals surface area contributed by atoms with Crippen LogP contribution in [0.4, 0.5) is 0 Å². The quantitative estimate of drug-likeness (QED) is 0.763. The average Bonchev–Trinajstić information content (AvgIpc) is 2.41. The summed E-state index contributed by atoms with van der Waals surface area (Å²) < 4.78 is 5.35. The molecule has 2 rings (SSSR count). The topological polar surface area (TPSA) is 24.5 Å². The highest BCUT2D eigenvalue weighted by Gasteiger charge is 2.12. The minimum absolute atomic E-state index is 0. The maximum Gasteiger partial charge on any atom is 0.0594 e. The standard InChI is InChI=1S/C14H28N2O.2ClH/c1-2-5-14(6-3-1)13-15-7-4-8-16-9-11-17-12-10-16;;/h14-15H,1-13H2;2*1H. The zero-order chi connectivity index (χ0) is 11.8. The minimum Gasteiger partial charge on any atom is -0.379 e. The summed E-state index contributed by atoms with van der Waals surface area (Å²) in [5.74, 6) is 0.965. The molecule has 0 bridgehead atoms. The summed E-state index contributed by atoms with van der Waals surface area (Å²) in [5.41, 5.74) is 0. The van der Waals surface area contributed by atoms with Crippen molar-refractivity contribution in [1.29, 1.82) is 0 Å². The molecular weight excluding hydrogens is 283 g/mol. The number of halogens is 2. The molecule has 1 N–H and O–H groups in total. The van der Waals surface area contributed by atoms with Gasteiger partial charge in [0, 0.05) is 13.1 Å². The van der Waals surface area contributed by atoms with Crippen LogP contribution in [0, 0.1) is 5.92 Å². The molecule has 19 heavy (non-hydrogen) atoms. The van der Waals surface area contributed by atoms with E-state index >= 15 is 0 Å². The second kappa shape index (κ2) is 12.2. The largest absolute Gasteiger partial charge is 0.379 e. The molecule has 2 aliphatic rings. The predicted octanol–water partition coefficient (Wildman–Crippen LogP) is 2.72. The van der Waals surface area contributed by atoms with Crippen molar-refractivity contribution < 1.29 is 4.74 Å². The van der Waals surface area contributed by atoms with Crippen molar-refractivity contribution in [3.8, 4) is 0 Å². The molecule has 0 aromatic rings. The Labute approximate surface area is 130 Å². The van der Waals surface area contributed by atoms with Gasteiger partial charge in [-0.25, -0.2) is 0 Å². The molecule has 2 fully saturated rings. The molecule has 1 aliphatic heterocycles. The lowest BCUT2D eigenvalue weighted by Gasteiger charge is -2.26. The van der Waals surface area contributed by atoms with Crippen LogP contribution in [-0.2, 0) is 4.74 Å². The Balaban J connectivity index is 0.00000162. The first-order valence-electron chi connectivity index (χ1n) is 7.46. The molecule has 116 valence electrons. The normalized spacial score (nSPS) is 21.5. The van der Waals surface area contributed by atoms with Gasteiger partial charge in [0.1, 0.15) is 0 Å². The molecule has 0 spiro atoms. The SMILES string of the molecule is C1CCC(CNCCCN2CCOCC2)CC1.Cl.Cl. The number of ether oxygens (including phenoxy) is 1. The smallest absolute Gasteiger partial charge is 0.0594 e. The van der Waals surface area contributed by atoms with Gasteiger partial charge in [-0.15, -0.1) is 24.8 Å². The van der Waals surface area contributed by atoms with Crippen molar-refractivity contribution in [1.82, 2.24) is 10.2 Å². The van der Waals surface area contributed by atoms with E-state index in [2.05, 4.69) is 10.2 Å². The first-order chi connectivity index (χ1) is 8.45. The Morgan fingerprint density at radius 1 is 1.00 bits per heavy atom. The fraction of sp³-hybridized carbons (Fsp3) is 1.00. The van der Waals surface area contributed by atoms with Crippen molar-refractivity contribution in [3.05, 3.63) is 0 Å². The van der Waals surface area contributed by atoms with Crippen LogP contribution in [0.3, 0.4) is 0 Å². The maximum absolute atomic E-state index is 5.35. The summed E-state index contributed by atoms with van der Waals surface area (Å²) in [6, 6.07) is 0. The molecule has 0 unspecified atom stereocenters. The number of nitrogens with zero attached hydrogens (tertiary/aromatic N) is 1. The fourth-order valence-electron chi connectivity index (χ4n) is 2.95. The zero-order valence-electron chi connectivity index (χ0n) is 11.9. The number of hydrogen-bond acceptors (Lipinski definition) is 3. The summed E-state index contributed by atoms with van der Waals surface area (Å²) in [4.78, 5) is 2.52. The van der Waals surface area contributed by atoms with Gasteiger partial charge in [0.15, 0.2) is 0 Å². The molecular formula is C14H30Cl2N2O. The summed E-state index contributed by atoms with van der Waals surface area (Å²) >= 11 is 0. The second-order valence-electron chi connectivity index (χ2n) is 5.52. The predicted molar refractivity (Wildman–Crippen MR) is 85.8 cm³/mol. The maximum atomic E-state index is 5.35. The van der Waals surface area contributed by atoms with Crippen LogP contribution in [0.2, 0.25) is 0 Å². The Bertz CT molecular complexity index is 176. The Kier molecular flexibility index (Phi) is 12.5. The van der Waals surface area contributed by atoms with Crippen LogP contribution in [0.25, 0.3) is 0 Å². The van der Waals surface area contributed by atoms with Gasteiger partial charge in [0.25, 0.3) is 0 Å². The molecule has 0 amide bonds. The summed E-state index contributed by atoms with van der Waals surface area (Å²) in [6.07, 6.45) is 8.58. The van der Waals surface area contributed by atoms with Crippen molar-refractivity contribution in [2.24, 2.45) is 5.92 Å². The molecule has 5 heteroatoms. The van der Waals surface area contributed by atoms with Gasteiger partial charge in [-0.1, -0.05) is 19.3 Å². The van der Waals surface area contributed by atoms with Gasteiger partial charge in [0.2, 0.25) is 0 Å². The Hall–Kier alpha value is 0.460. The molecule has 1 aliphatic carbocycles. The van der Waals surface area contributed by atoms with Crippen LogP contribution in [0.5, 0.6) is 0 Å². The van der Waals surface area contributed by atoms with Crippen molar-refractivity contribution >= 4 is 24.8 Å². The number of morpholine rings is 1. The average molecular weight is 313 g/mol. The lowest BCUT2D eigenvalue weighted by molar-refractivity contribution is 0.0374. The minimum atomic E-state index is 0. The van der Waals surface area contributed by atoms with E-state index in [4.69, 9.17) is 4.74 Å². The molecule has 0 aromatic carbocycles. The molecule has 1 heterocycles. The lowest BCUT2D eigenvalue weighted by Crippen LogP contribution is -2.38. The fourth-order valence-corrected chi connectivity index (χ4v) is 2.95. The van der Waals surface area contributed by atoms with E-state index in [-0.39, 0.29) is 24.8 Å². The van der Waals surface area contributed by atoms with E-state index in [1.165, 1.54) is 58.2 Å². The third kappa shape index (κ3) is 8.36. The van der Waals surface area contributed by atoms with Crippen LogP contribution >= 0.6 is 24.8 Å². The summed E-state index contributed by atoms with van der Waals surface area (Å²) in [6.45, 7) is 7.79. The van der Waals surface area contributed by atoms with Gasteiger partial charge >= 0.3 is 0 Å². The van der Waals surface area contributed by atoms with Gasteiger partial charge in [0.05, 0.1) is 13.2 Å². The third-order valence-electron chi connectivity index (χ3n) is 4.09. The van der Waals surface area contributed by atoms with Crippen LogP contribution in [0.15, 0.2) is 0 Å². The van der Waals surface area contributed by atoms with E-state index in [9.17, 15) is 0 Å². The van der Waals surface area contributed by atoms with Gasteiger partial charge in [-0.3, -0.25) is 4.90 Å². The van der Waals surface area contributed by atoms with E-state index in [0.29, 0.717) is 0 Å². The first kappa shape index (κ1) is 19.5. The second-order valence-corrected chi connectivity index (χ2v) is 5.52. The molecule has 0 aromatic heterocycles. The molecule has 0 radical (unpaired) electrons. The number of nitrogens with one attached hydrogen (secondary N) is 1. The van der Waals surface area contributed by atoms with Crippen molar-refractivity contribution in [2.45, 2.75) is 38.5 Å². The molecule has 0 atom stereocenters. The first-order valence-corrected chi connectivity index (χ1v) is 7.46. The third-order valence-corrected chi connectivity index (χ3v) is 4.09. The van der Waals surface area contributed by atoms with Crippen LogP contribution in [-0.4, -0.2) is 50.8 Å². The summed E-state index contributed by atoms with van der Waals surface area (Å²) in [5, 5.41) is 3.64. The molecule has 1 saturated heterocycles. The molecule has 1 saturated carbocycles. The molecule has 3 nitrogen and oxygen atoms in total. The van der Waals surface area contributed by atoms with Gasteiger partial charge in [-0.2, -0.15) is 0 Å². The van der Waals surface area contributed by atoms with Crippen molar-refractivity contribution in [2.75, 3.05) is 45.9 Å². The lowest BCUT2D eigenvalue weighted by atomic mass is 9.89. The Morgan fingerprint density at radius 2 is 1.68 bits per heavy atom. The van der Waals surface area contributed by atoms with E-state index in [1.54, 1.807) is 0 Å². The highest BCUT2D eigenvalue weighted by Crippen LogP contribution is 2.22. The number of hydrogen-bond donors (Lipinski definition) is 1. The monoisotopic (exact) mass is 312 g/mol. The summed E-state index contributed by atoms with van der Waals surface area (Å²) in [7, 11) is 0. The Morgan fingerprint density at radius 3 is 2.37 bits per heavy atom. The van der Waals surface area contributed by atoms with E-state index < -0.39 is 0 Å². The van der Waals surface area contributed by atoms with E-state index in [1.807, 2.05) is 0 Å². The number of rotatable bonds is 6. The van der Waals surface area contributed by atoms with Gasteiger partial charge in [-0.05, 0) is 44.8 Å². The van der Waals surface area contributed by atoms with E-state index in [0.717, 1.165) is 32.2 Å². The van der Waals surface area contributed by atoms with Crippen LogP contribution in [0.1, 0.15) is 38.5 Å².